The zero-order chi connectivity index (χ0) is 33.4. The summed E-state index contributed by atoms with van der Waals surface area (Å²) < 4.78 is 44.4. The van der Waals surface area contributed by atoms with Gasteiger partial charge in [-0.3, -0.25) is 13.8 Å². The number of amides is 1. The molecule has 10 atom stereocenters. The third-order valence-corrected chi connectivity index (χ3v) is 8.90. The highest BCUT2D eigenvalue weighted by atomic mass is 32.1. The second kappa shape index (κ2) is 20.9. The van der Waals surface area contributed by atoms with E-state index in [1.54, 1.807) is 7.11 Å². The van der Waals surface area contributed by atoms with Crippen LogP contribution >= 0.6 is 20.0 Å². The molecule has 2 saturated heterocycles. The van der Waals surface area contributed by atoms with Crippen LogP contribution in [0.1, 0.15) is 45.4 Å². The van der Waals surface area contributed by atoms with Gasteiger partial charge in [0.25, 0.3) is 0 Å². The number of thiocarbonyl (C=S) groups is 1. The highest BCUT2D eigenvalue weighted by molar-refractivity contribution is 7.80. The van der Waals surface area contributed by atoms with E-state index in [9.17, 15) is 29.6 Å². The van der Waals surface area contributed by atoms with Crippen LogP contribution in [0.15, 0.2) is 12.2 Å². The number of allylic oxidation sites excluding steroid dienone is 2. The van der Waals surface area contributed by atoms with Crippen molar-refractivity contribution in [2.24, 2.45) is 5.92 Å². The lowest BCUT2D eigenvalue weighted by atomic mass is 9.82. The van der Waals surface area contributed by atoms with E-state index in [1.807, 2.05) is 13.9 Å². The zero-order valence-corrected chi connectivity index (χ0v) is 28.3. The van der Waals surface area contributed by atoms with Crippen molar-refractivity contribution >= 4 is 38.9 Å². The van der Waals surface area contributed by atoms with Gasteiger partial charge in [0.05, 0.1) is 13.2 Å². The van der Waals surface area contributed by atoms with Crippen LogP contribution < -0.4 is 16.0 Å². The van der Waals surface area contributed by atoms with Gasteiger partial charge in [-0.2, -0.15) is 0 Å². The minimum atomic E-state index is -4.17. The van der Waals surface area contributed by atoms with Gasteiger partial charge < -0.3 is 55.1 Å². The number of hydrogen-bond donors (Lipinski definition) is 7. The fraction of sp³-hybridized carbons (Fsp3) is 0.852. The van der Waals surface area contributed by atoms with E-state index in [-0.39, 0.29) is 25.1 Å². The van der Waals surface area contributed by atoms with Crippen molar-refractivity contribution in [2.75, 3.05) is 47.1 Å². The number of phosphoric acid groups is 1. The molecule has 0 spiro atoms. The van der Waals surface area contributed by atoms with E-state index < -0.39 is 63.2 Å². The van der Waals surface area contributed by atoms with E-state index in [2.05, 4.69) is 26.6 Å². The first-order valence-corrected chi connectivity index (χ1v) is 17.2. The topological polar surface area (TPSA) is 207 Å². The van der Waals surface area contributed by atoms with Crippen LogP contribution in [0.5, 0.6) is 0 Å². The number of carbonyl (C=O) groups is 1. The number of unbranched alkanes of at least 4 members (excludes halogenated alkanes) is 3. The van der Waals surface area contributed by atoms with Gasteiger partial charge in [-0.1, -0.05) is 12.2 Å². The van der Waals surface area contributed by atoms with E-state index in [4.69, 9.17) is 35.7 Å². The predicted molar refractivity (Wildman–Crippen MR) is 171 cm³/mol. The lowest BCUT2D eigenvalue weighted by Crippen LogP contribution is -2.64. The maximum Gasteiger partial charge on any atom is 0.472 e. The van der Waals surface area contributed by atoms with Gasteiger partial charge in [0.1, 0.15) is 44.4 Å². The summed E-state index contributed by atoms with van der Waals surface area (Å²) in [5.41, 5.74) is 0. The molecule has 0 bridgehead atoms. The molecule has 15 nitrogen and oxygen atoms in total. The molecule has 0 aromatic heterocycles. The summed E-state index contributed by atoms with van der Waals surface area (Å²) in [6, 6.07) is -1.12. The summed E-state index contributed by atoms with van der Waals surface area (Å²) in [6.45, 7) is 2.66. The van der Waals surface area contributed by atoms with Crippen LogP contribution in [-0.2, 0) is 37.4 Å². The van der Waals surface area contributed by atoms with Crippen molar-refractivity contribution in [3.05, 3.63) is 12.2 Å². The summed E-state index contributed by atoms with van der Waals surface area (Å²) in [6.07, 6.45) is 3.11. The SMILES string of the molecule is B[C@@H]1O[C@H](COC)[C@H](OP(=O)(O)OC)C1C/C=C/CCCCNC(=S)NCCCCO[C@@H]1O[C@H](CO)[C@H](O)[C@H](O)[C@H]1NC(C)=O. The summed E-state index contributed by atoms with van der Waals surface area (Å²) in [4.78, 5) is 21.3. The molecule has 0 radical (unpaired) electrons. The largest absolute Gasteiger partial charge is 0.472 e. The number of nitrogens with one attached hydrogen (secondary N) is 3. The first-order valence-electron chi connectivity index (χ1n) is 15.3. The molecule has 2 heterocycles. The van der Waals surface area contributed by atoms with Crippen LogP contribution in [0, 0.1) is 5.92 Å². The number of rotatable bonds is 20. The molecule has 2 aliphatic heterocycles. The number of ether oxygens (including phenoxy) is 4. The molecule has 2 rings (SSSR count). The maximum absolute atomic E-state index is 12.0. The van der Waals surface area contributed by atoms with Crippen LogP contribution in [0.25, 0.3) is 0 Å². The fourth-order valence-corrected chi connectivity index (χ4v) is 6.12. The van der Waals surface area contributed by atoms with Crippen molar-refractivity contribution in [3.63, 3.8) is 0 Å². The van der Waals surface area contributed by atoms with Crippen molar-refractivity contribution in [1.29, 1.82) is 0 Å². The smallest absolute Gasteiger partial charge is 0.394 e. The Labute approximate surface area is 271 Å². The predicted octanol–water partition coefficient (Wildman–Crippen LogP) is -0.940. The summed E-state index contributed by atoms with van der Waals surface area (Å²) in [5.74, 6) is -0.518. The van der Waals surface area contributed by atoms with Gasteiger partial charge in [0.2, 0.25) is 5.91 Å². The summed E-state index contributed by atoms with van der Waals surface area (Å²) >= 11 is 5.34. The van der Waals surface area contributed by atoms with Crippen molar-refractivity contribution in [3.8, 4) is 0 Å². The van der Waals surface area contributed by atoms with Crippen molar-refractivity contribution in [2.45, 2.75) is 94.3 Å². The normalized spacial score (nSPS) is 31.5. The van der Waals surface area contributed by atoms with E-state index in [0.29, 0.717) is 24.5 Å². The van der Waals surface area contributed by atoms with Crippen LogP contribution in [0.3, 0.4) is 0 Å². The van der Waals surface area contributed by atoms with Gasteiger partial charge in [-0.05, 0) is 50.7 Å². The Balaban J connectivity index is 1.58. The Hall–Kier alpha value is -1.21. The zero-order valence-electron chi connectivity index (χ0n) is 26.5. The Bertz CT molecular complexity index is 972. The summed E-state index contributed by atoms with van der Waals surface area (Å²) in [7, 11) is 0.420. The average Bonchev–Trinajstić information content (AvgIpc) is 3.27. The van der Waals surface area contributed by atoms with E-state index >= 15 is 0 Å². The number of hydrogen-bond acceptors (Lipinski definition) is 12. The molecule has 2 fully saturated rings. The molecule has 0 aromatic carbocycles. The lowest BCUT2D eigenvalue weighted by Gasteiger charge is -2.42. The van der Waals surface area contributed by atoms with Gasteiger partial charge in [0, 0.05) is 52.8 Å². The third kappa shape index (κ3) is 13.8. The molecule has 260 valence electrons. The molecule has 0 aromatic rings. The molecule has 2 unspecified atom stereocenters. The van der Waals surface area contributed by atoms with Crippen molar-refractivity contribution < 1.29 is 57.6 Å². The van der Waals surface area contributed by atoms with Crippen molar-refractivity contribution in [1.82, 2.24) is 16.0 Å². The Morgan fingerprint density at radius 3 is 2.36 bits per heavy atom. The molecule has 1 amide bonds. The molecular weight excluding hydrogens is 632 g/mol. The summed E-state index contributed by atoms with van der Waals surface area (Å²) in [5, 5.41) is 39.2. The minimum absolute atomic E-state index is 0.115. The number of methoxy groups -OCH3 is 1. The Morgan fingerprint density at radius 2 is 1.73 bits per heavy atom. The van der Waals surface area contributed by atoms with Crippen LogP contribution in [-0.4, -0.2) is 135 Å². The van der Waals surface area contributed by atoms with Crippen LogP contribution in [0.2, 0.25) is 0 Å². The second-order valence-electron chi connectivity index (χ2n) is 11.1. The Morgan fingerprint density at radius 1 is 1.04 bits per heavy atom. The average molecular weight is 684 g/mol. The first-order chi connectivity index (χ1) is 21.4. The van der Waals surface area contributed by atoms with Gasteiger partial charge in [-0.15, -0.1) is 0 Å². The molecule has 2 aliphatic rings. The number of phosphoric ester groups is 1. The standard InChI is InChI=1S/C27H51BN3O12PS/c1-17(33)31-21-23(35)22(34)19(15-32)42-26(21)40-14-10-9-13-30-27(45)29-12-8-6-4-5-7-11-18-24(43-44(36,37)39-3)20(16-38-2)41-25(18)28/h5,7,18-26,32,34-35H,4,6,8-16,28H2,1-3H3,(H,31,33)(H,36,37)(H2,29,30,45)/b7-5+/t18?,19-,20-,21-,22+,23-,24-,25-,26-/m1/s1. The molecule has 18 heteroatoms. The maximum atomic E-state index is 12.0. The quantitative estimate of drug-likeness (QED) is 0.0272. The number of carbonyl (C=O) groups excluding carboxylic acids is 1. The van der Waals surface area contributed by atoms with E-state index in [0.717, 1.165) is 39.3 Å². The van der Waals surface area contributed by atoms with Gasteiger partial charge >= 0.3 is 7.82 Å². The minimum Gasteiger partial charge on any atom is -0.394 e. The molecule has 45 heavy (non-hydrogen) atoms. The Kier molecular flexibility index (Phi) is 18.6. The fourth-order valence-electron chi connectivity index (χ4n) is 5.23. The molecule has 7 N–H and O–H groups in total. The monoisotopic (exact) mass is 683 g/mol. The molecule has 0 aliphatic carbocycles. The number of aliphatic hydroxyl groups is 3. The molecule has 0 saturated carbocycles. The third-order valence-electron chi connectivity index (χ3n) is 7.64. The first kappa shape index (κ1) is 40.0. The number of aliphatic hydroxyl groups excluding tert-OH is 3. The lowest BCUT2D eigenvalue weighted by molar-refractivity contribution is -0.270. The van der Waals surface area contributed by atoms with E-state index in [1.165, 1.54) is 6.92 Å². The van der Waals surface area contributed by atoms with Gasteiger partial charge in [0.15, 0.2) is 11.4 Å². The highest BCUT2D eigenvalue weighted by Crippen LogP contribution is 2.48. The van der Waals surface area contributed by atoms with Crippen LogP contribution in [0.4, 0.5) is 0 Å². The second-order valence-corrected chi connectivity index (χ2v) is 13.0. The molecular formula is C27H51BN3O12PS. The highest BCUT2D eigenvalue weighted by Gasteiger charge is 2.46. The van der Waals surface area contributed by atoms with Gasteiger partial charge in [-0.25, -0.2) is 4.57 Å².